The van der Waals surface area contributed by atoms with Crippen LogP contribution in [0.25, 0.3) is 0 Å². The van der Waals surface area contributed by atoms with Gasteiger partial charge in [-0.2, -0.15) is 0 Å². The monoisotopic (exact) mass is 340 g/mol. The van der Waals surface area contributed by atoms with Gasteiger partial charge in [0.2, 0.25) is 0 Å². The lowest BCUT2D eigenvalue weighted by molar-refractivity contribution is 0.0526. The number of benzene rings is 2. The summed E-state index contributed by atoms with van der Waals surface area (Å²) in [5.74, 6) is -0.349. The summed E-state index contributed by atoms with van der Waals surface area (Å²) in [4.78, 5) is 35.1. The van der Waals surface area contributed by atoms with Crippen LogP contribution >= 0.6 is 0 Å². The van der Waals surface area contributed by atoms with Crippen LogP contribution in [0, 0.1) is 0 Å². The summed E-state index contributed by atoms with van der Waals surface area (Å²) in [7, 11) is 0. The van der Waals surface area contributed by atoms with Crippen molar-refractivity contribution in [3.63, 3.8) is 0 Å². The number of carbonyl (C=O) groups is 3. The minimum Gasteiger partial charge on any atom is -0.462 e. The van der Waals surface area contributed by atoms with Crippen molar-refractivity contribution >= 4 is 29.2 Å². The molecule has 0 radical (unpaired) electrons. The predicted octanol–water partition coefficient (Wildman–Crippen LogP) is 4.10. The van der Waals surface area contributed by atoms with Crippen molar-refractivity contribution in [2.75, 3.05) is 17.2 Å². The number of anilines is 2. The first-order chi connectivity index (χ1) is 12.0. The van der Waals surface area contributed by atoms with Gasteiger partial charge in [-0.3, -0.25) is 4.79 Å². The molecule has 0 aliphatic rings. The van der Waals surface area contributed by atoms with E-state index in [0.717, 1.165) is 0 Å². The number of hydrogen-bond acceptors (Lipinski definition) is 4. The van der Waals surface area contributed by atoms with Gasteiger partial charge in [0.05, 0.1) is 12.2 Å². The molecule has 2 amide bonds. The zero-order chi connectivity index (χ0) is 18.2. The molecule has 0 aromatic heterocycles. The van der Waals surface area contributed by atoms with Crippen molar-refractivity contribution in [3.8, 4) is 0 Å². The average Bonchev–Trinajstić information content (AvgIpc) is 2.62. The van der Waals surface area contributed by atoms with Gasteiger partial charge in [0.25, 0.3) is 0 Å². The largest absolute Gasteiger partial charge is 0.462 e. The Bertz CT molecular complexity index is 752. The molecule has 2 aromatic rings. The molecule has 0 aliphatic heterocycles. The average molecular weight is 340 g/mol. The highest BCUT2D eigenvalue weighted by molar-refractivity contribution is 6.01. The van der Waals surface area contributed by atoms with Gasteiger partial charge >= 0.3 is 12.0 Å². The Morgan fingerprint density at radius 1 is 0.800 bits per heavy atom. The third-order valence-corrected chi connectivity index (χ3v) is 3.44. The maximum atomic E-state index is 12.0. The molecule has 130 valence electrons. The highest BCUT2D eigenvalue weighted by Gasteiger charge is 2.08. The quantitative estimate of drug-likeness (QED) is 0.612. The zero-order valence-corrected chi connectivity index (χ0v) is 14.2. The Hall–Kier alpha value is -3.15. The molecule has 2 N–H and O–H groups in total. The molecule has 6 heteroatoms. The topological polar surface area (TPSA) is 84.5 Å². The summed E-state index contributed by atoms with van der Waals surface area (Å²) < 4.78 is 4.90. The molecule has 25 heavy (non-hydrogen) atoms. The molecule has 2 rings (SSSR count). The molecule has 6 nitrogen and oxygen atoms in total. The summed E-state index contributed by atoms with van der Waals surface area (Å²) in [5.41, 5.74) is 2.16. The normalized spacial score (nSPS) is 10.0. The number of carbonyl (C=O) groups excluding carboxylic acids is 3. The van der Waals surface area contributed by atoms with Gasteiger partial charge in [0.15, 0.2) is 5.78 Å². The van der Waals surface area contributed by atoms with Gasteiger partial charge < -0.3 is 15.4 Å². The summed E-state index contributed by atoms with van der Waals surface area (Å²) in [6.45, 7) is 3.85. The molecule has 0 unspecified atom stereocenters. The van der Waals surface area contributed by atoms with Gasteiger partial charge in [-0.05, 0) is 55.5 Å². The third kappa shape index (κ3) is 5.17. The second kappa shape index (κ2) is 8.63. The fourth-order valence-electron chi connectivity index (χ4n) is 2.14. The number of Topliss-reactive ketones (excluding diaryl/α,β-unsaturated/α-hetero) is 1. The van der Waals surface area contributed by atoms with Crippen molar-refractivity contribution in [2.24, 2.45) is 0 Å². The maximum Gasteiger partial charge on any atom is 0.338 e. The van der Waals surface area contributed by atoms with E-state index in [1.807, 2.05) is 0 Å². The molecule has 0 bridgehead atoms. The molecule has 0 fully saturated rings. The van der Waals surface area contributed by atoms with Gasteiger partial charge in [-0.15, -0.1) is 0 Å². The number of esters is 1. The third-order valence-electron chi connectivity index (χ3n) is 3.44. The van der Waals surface area contributed by atoms with Crippen LogP contribution in [0.4, 0.5) is 16.2 Å². The molecule has 2 aromatic carbocycles. The summed E-state index contributed by atoms with van der Waals surface area (Å²) in [6, 6.07) is 12.7. The Morgan fingerprint density at radius 3 is 1.72 bits per heavy atom. The SMILES string of the molecule is CCOC(=O)c1ccc(NC(=O)Nc2ccc(C(=O)CC)cc2)cc1. The van der Waals surface area contributed by atoms with Crippen LogP contribution in [0.3, 0.4) is 0 Å². The highest BCUT2D eigenvalue weighted by Crippen LogP contribution is 2.14. The van der Waals surface area contributed by atoms with Crippen LogP contribution < -0.4 is 10.6 Å². The van der Waals surface area contributed by atoms with E-state index in [2.05, 4.69) is 10.6 Å². The first kappa shape index (κ1) is 18.2. The van der Waals surface area contributed by atoms with E-state index in [-0.39, 0.29) is 5.78 Å². The summed E-state index contributed by atoms with van der Waals surface area (Å²) >= 11 is 0. The lowest BCUT2D eigenvalue weighted by Gasteiger charge is -2.09. The second-order valence-corrected chi connectivity index (χ2v) is 5.23. The summed E-state index contributed by atoms with van der Waals surface area (Å²) in [5, 5.41) is 5.35. The molecular formula is C19H20N2O4. The van der Waals surface area contributed by atoms with Crippen molar-refractivity contribution < 1.29 is 19.1 Å². The Balaban J connectivity index is 1.93. The fraction of sp³-hybridized carbons (Fsp3) is 0.211. The van der Waals surface area contributed by atoms with Crippen LogP contribution in [0.2, 0.25) is 0 Å². The lowest BCUT2D eigenvalue weighted by Crippen LogP contribution is -2.19. The first-order valence-corrected chi connectivity index (χ1v) is 8.02. The van der Waals surface area contributed by atoms with Crippen molar-refractivity contribution in [2.45, 2.75) is 20.3 Å². The van der Waals surface area contributed by atoms with Crippen LogP contribution in [0.5, 0.6) is 0 Å². The van der Waals surface area contributed by atoms with E-state index >= 15 is 0 Å². The number of ketones is 1. The fourth-order valence-corrected chi connectivity index (χ4v) is 2.14. The predicted molar refractivity (Wildman–Crippen MR) is 96.1 cm³/mol. The maximum absolute atomic E-state index is 12.0. The van der Waals surface area contributed by atoms with Crippen LogP contribution in [0.1, 0.15) is 41.0 Å². The molecule has 0 atom stereocenters. The molecule has 0 aliphatic carbocycles. The lowest BCUT2D eigenvalue weighted by atomic mass is 10.1. The summed E-state index contributed by atoms with van der Waals surface area (Å²) in [6.07, 6.45) is 0.440. The molecule has 0 saturated heterocycles. The van der Waals surface area contributed by atoms with E-state index in [1.54, 1.807) is 62.4 Å². The van der Waals surface area contributed by atoms with E-state index in [4.69, 9.17) is 4.74 Å². The van der Waals surface area contributed by atoms with E-state index in [9.17, 15) is 14.4 Å². The molecule has 0 heterocycles. The van der Waals surface area contributed by atoms with E-state index in [1.165, 1.54) is 0 Å². The second-order valence-electron chi connectivity index (χ2n) is 5.23. The van der Waals surface area contributed by atoms with E-state index < -0.39 is 12.0 Å². The zero-order valence-electron chi connectivity index (χ0n) is 14.2. The van der Waals surface area contributed by atoms with E-state index in [0.29, 0.717) is 35.5 Å². The van der Waals surface area contributed by atoms with Gasteiger partial charge in [-0.25, -0.2) is 9.59 Å². The standard InChI is InChI=1S/C19H20N2O4/c1-3-17(22)13-5-9-15(10-6-13)20-19(24)21-16-11-7-14(8-12-16)18(23)25-4-2/h5-12H,3-4H2,1-2H3,(H2,20,21,24). The molecule has 0 saturated carbocycles. The number of ether oxygens (including phenoxy) is 1. The number of nitrogens with one attached hydrogen (secondary N) is 2. The number of urea groups is 1. The van der Waals surface area contributed by atoms with Crippen molar-refractivity contribution in [3.05, 3.63) is 59.7 Å². The van der Waals surface area contributed by atoms with Crippen molar-refractivity contribution in [1.29, 1.82) is 0 Å². The minimum atomic E-state index is -0.418. The Kier molecular flexibility index (Phi) is 6.28. The Morgan fingerprint density at radius 2 is 1.28 bits per heavy atom. The van der Waals surface area contributed by atoms with Gasteiger partial charge in [0, 0.05) is 23.4 Å². The molecular weight excluding hydrogens is 320 g/mol. The smallest absolute Gasteiger partial charge is 0.338 e. The van der Waals surface area contributed by atoms with Crippen LogP contribution in [-0.2, 0) is 4.74 Å². The number of amides is 2. The molecule has 0 spiro atoms. The minimum absolute atomic E-state index is 0.0534. The highest BCUT2D eigenvalue weighted by atomic mass is 16.5. The Labute approximate surface area is 146 Å². The van der Waals surface area contributed by atoms with Crippen LogP contribution in [0.15, 0.2) is 48.5 Å². The van der Waals surface area contributed by atoms with Crippen LogP contribution in [-0.4, -0.2) is 24.4 Å². The number of rotatable bonds is 6. The van der Waals surface area contributed by atoms with Gasteiger partial charge in [-0.1, -0.05) is 6.92 Å². The van der Waals surface area contributed by atoms with Gasteiger partial charge in [0.1, 0.15) is 0 Å². The number of hydrogen-bond donors (Lipinski definition) is 2. The van der Waals surface area contributed by atoms with Crippen molar-refractivity contribution in [1.82, 2.24) is 0 Å². The first-order valence-electron chi connectivity index (χ1n) is 8.02.